The normalized spacial score (nSPS) is 11.6. The van der Waals surface area contributed by atoms with Crippen LogP contribution in [0.5, 0.6) is 5.75 Å². The quantitative estimate of drug-likeness (QED) is 0.739. The summed E-state index contributed by atoms with van der Waals surface area (Å²) in [4.78, 5) is 28.9. The Balaban J connectivity index is 2.32. The zero-order valence-corrected chi connectivity index (χ0v) is 16.7. The van der Waals surface area contributed by atoms with Gasteiger partial charge in [-0.05, 0) is 47.1 Å². The summed E-state index contributed by atoms with van der Waals surface area (Å²) in [5, 5.41) is 2.25. The first-order chi connectivity index (χ1) is 12.7. The van der Waals surface area contributed by atoms with Crippen molar-refractivity contribution in [1.29, 1.82) is 0 Å². The largest absolute Gasteiger partial charge is 0.482 e. The summed E-state index contributed by atoms with van der Waals surface area (Å²) in [5.41, 5.74) is 6.63. The van der Waals surface area contributed by atoms with Crippen molar-refractivity contribution in [2.45, 2.75) is 26.4 Å². The highest BCUT2D eigenvalue weighted by Gasteiger charge is 2.21. The van der Waals surface area contributed by atoms with Gasteiger partial charge in [-0.15, -0.1) is 0 Å². The minimum atomic E-state index is -0.647. The smallest absolute Gasteiger partial charge is 0.328 e. The third-order valence-corrected chi connectivity index (χ3v) is 4.25. The molecule has 27 heavy (non-hydrogen) atoms. The summed E-state index contributed by atoms with van der Waals surface area (Å²) >= 11 is 3.29. The molecular weight excluding hydrogens is 419 g/mol. The number of imide groups is 1. The number of carbonyl (C=O) groups excluding carboxylic acids is 2. The number of halogens is 2. The first-order valence-electron chi connectivity index (χ1n) is 8.17. The summed E-state index contributed by atoms with van der Waals surface area (Å²) in [6.45, 7) is 3.33. The van der Waals surface area contributed by atoms with E-state index in [0.717, 1.165) is 0 Å². The average molecular weight is 439 g/mol. The fourth-order valence-corrected chi connectivity index (χ4v) is 2.65. The lowest BCUT2D eigenvalue weighted by atomic mass is 10.1. The molecule has 7 nitrogen and oxygen atoms in total. The van der Waals surface area contributed by atoms with Crippen molar-refractivity contribution in [3.8, 4) is 5.75 Å². The minimum Gasteiger partial charge on any atom is -0.482 e. The maximum Gasteiger partial charge on any atom is 0.328 e. The lowest BCUT2D eigenvalue weighted by Gasteiger charge is -2.24. The molecule has 9 heteroatoms. The molecule has 0 spiro atoms. The monoisotopic (exact) mass is 438 g/mol. The van der Waals surface area contributed by atoms with Crippen molar-refractivity contribution in [1.82, 2.24) is 10.3 Å². The number of rotatable bonds is 5. The molecule has 2 rings (SSSR count). The summed E-state index contributed by atoms with van der Waals surface area (Å²) in [6.07, 6.45) is 1.06. The van der Waals surface area contributed by atoms with Gasteiger partial charge in [0.15, 0.2) is 11.6 Å². The number of hydrogen-bond acceptors (Lipinski definition) is 5. The third-order valence-electron chi connectivity index (χ3n) is 3.81. The lowest BCUT2D eigenvalue weighted by Crippen LogP contribution is -2.41. The van der Waals surface area contributed by atoms with Crippen molar-refractivity contribution < 1.29 is 18.7 Å². The van der Waals surface area contributed by atoms with E-state index in [1.807, 2.05) is 0 Å². The number of amides is 3. The number of nitrogens with one attached hydrogen (secondary N) is 1. The molecule has 0 fully saturated rings. The molecule has 0 aliphatic heterocycles. The Morgan fingerprint density at radius 3 is 2.78 bits per heavy atom. The van der Waals surface area contributed by atoms with Gasteiger partial charge in [-0.2, -0.15) is 0 Å². The van der Waals surface area contributed by atoms with E-state index < -0.39 is 23.9 Å². The number of nitrogen functional groups attached to an aromatic ring is 1. The SMILES string of the molecule is CCC(=O)NC(=O)N(C)c1ccc(F)cc1C(C)Oc1cc(Br)cnc1N. The van der Waals surface area contributed by atoms with Crippen molar-refractivity contribution >= 4 is 39.4 Å². The Labute approximate surface area is 164 Å². The number of nitrogens with two attached hydrogens (primary N) is 1. The van der Waals surface area contributed by atoms with Crippen LogP contribution in [0.4, 0.5) is 20.7 Å². The fraction of sp³-hybridized carbons (Fsp3) is 0.278. The molecule has 1 unspecified atom stereocenters. The van der Waals surface area contributed by atoms with Crippen molar-refractivity contribution in [3.05, 3.63) is 46.3 Å². The van der Waals surface area contributed by atoms with E-state index in [-0.39, 0.29) is 12.2 Å². The Hall–Kier alpha value is -2.68. The molecular formula is C18H20BrFN4O3. The second-order valence-corrected chi connectivity index (χ2v) is 6.68. The highest BCUT2D eigenvalue weighted by atomic mass is 79.9. The summed E-state index contributed by atoms with van der Waals surface area (Å²) < 4.78 is 20.4. The molecule has 1 heterocycles. The van der Waals surface area contributed by atoms with Crippen LogP contribution in [0.15, 0.2) is 34.9 Å². The van der Waals surface area contributed by atoms with Gasteiger partial charge in [0.1, 0.15) is 11.9 Å². The van der Waals surface area contributed by atoms with E-state index in [4.69, 9.17) is 10.5 Å². The molecule has 0 radical (unpaired) electrons. The van der Waals surface area contributed by atoms with Crippen molar-refractivity contribution in [3.63, 3.8) is 0 Å². The maximum atomic E-state index is 13.8. The molecule has 0 saturated heterocycles. The Morgan fingerprint density at radius 1 is 1.41 bits per heavy atom. The van der Waals surface area contributed by atoms with Crippen LogP contribution in [-0.2, 0) is 4.79 Å². The van der Waals surface area contributed by atoms with E-state index in [9.17, 15) is 14.0 Å². The second kappa shape index (κ2) is 8.81. The van der Waals surface area contributed by atoms with Gasteiger partial charge in [0, 0.05) is 29.7 Å². The van der Waals surface area contributed by atoms with Crippen LogP contribution in [-0.4, -0.2) is 24.0 Å². The minimum absolute atomic E-state index is 0.171. The molecule has 3 N–H and O–H groups in total. The number of carbonyl (C=O) groups is 2. The number of urea groups is 1. The predicted molar refractivity (Wildman–Crippen MR) is 104 cm³/mol. The Bertz CT molecular complexity index is 862. The van der Waals surface area contributed by atoms with Crippen LogP contribution < -0.4 is 20.7 Å². The van der Waals surface area contributed by atoms with Gasteiger partial charge in [0.25, 0.3) is 0 Å². The van der Waals surface area contributed by atoms with E-state index in [1.165, 1.54) is 36.3 Å². The molecule has 0 bridgehead atoms. The molecule has 2 aromatic rings. The number of anilines is 2. The maximum absolute atomic E-state index is 13.8. The lowest BCUT2D eigenvalue weighted by molar-refractivity contribution is -0.119. The molecule has 144 valence electrons. The predicted octanol–water partition coefficient (Wildman–Crippen LogP) is 3.79. The molecule has 1 atom stereocenters. The highest BCUT2D eigenvalue weighted by Crippen LogP contribution is 2.33. The van der Waals surface area contributed by atoms with Gasteiger partial charge in [0.05, 0.1) is 5.69 Å². The first kappa shape index (κ1) is 20.6. The van der Waals surface area contributed by atoms with Gasteiger partial charge in [-0.1, -0.05) is 6.92 Å². The summed E-state index contributed by atoms with van der Waals surface area (Å²) in [5.74, 6) is -0.390. The highest BCUT2D eigenvalue weighted by molar-refractivity contribution is 9.10. The van der Waals surface area contributed by atoms with Gasteiger partial charge in [-0.3, -0.25) is 15.0 Å². The number of hydrogen-bond donors (Lipinski definition) is 2. The average Bonchev–Trinajstić information content (AvgIpc) is 2.63. The Morgan fingerprint density at radius 2 is 2.11 bits per heavy atom. The van der Waals surface area contributed by atoms with Crippen molar-refractivity contribution in [2.75, 3.05) is 17.7 Å². The zero-order valence-electron chi connectivity index (χ0n) is 15.1. The molecule has 1 aromatic carbocycles. The van der Waals surface area contributed by atoms with Gasteiger partial charge >= 0.3 is 6.03 Å². The summed E-state index contributed by atoms with van der Waals surface area (Å²) in [6, 6.07) is 4.97. The number of pyridine rings is 1. The van der Waals surface area contributed by atoms with Crippen molar-refractivity contribution in [2.24, 2.45) is 0 Å². The van der Waals surface area contributed by atoms with Crippen LogP contribution in [0.1, 0.15) is 31.9 Å². The third kappa shape index (κ3) is 5.16. The number of benzene rings is 1. The molecule has 0 aliphatic carbocycles. The van der Waals surface area contributed by atoms with Crippen LogP contribution in [0.2, 0.25) is 0 Å². The van der Waals surface area contributed by atoms with E-state index in [0.29, 0.717) is 21.5 Å². The summed E-state index contributed by atoms with van der Waals surface area (Å²) in [7, 11) is 1.48. The van der Waals surface area contributed by atoms with Crippen LogP contribution in [0.3, 0.4) is 0 Å². The zero-order chi connectivity index (χ0) is 20.1. The van der Waals surface area contributed by atoms with Crippen LogP contribution >= 0.6 is 15.9 Å². The number of aromatic nitrogens is 1. The van der Waals surface area contributed by atoms with Crippen LogP contribution in [0, 0.1) is 5.82 Å². The molecule has 0 saturated carbocycles. The number of ether oxygens (including phenoxy) is 1. The van der Waals surface area contributed by atoms with Gasteiger partial charge in [-0.25, -0.2) is 14.2 Å². The van der Waals surface area contributed by atoms with Gasteiger partial charge < -0.3 is 10.5 Å². The number of nitrogens with zero attached hydrogens (tertiary/aromatic N) is 2. The van der Waals surface area contributed by atoms with Crippen LogP contribution in [0.25, 0.3) is 0 Å². The first-order valence-corrected chi connectivity index (χ1v) is 8.96. The second-order valence-electron chi connectivity index (χ2n) is 5.77. The standard InChI is InChI=1S/C18H20BrFN4O3/c1-4-16(25)23-18(26)24(3)14-6-5-12(20)8-13(14)10(2)27-15-7-11(19)9-22-17(15)21/h5-10H,4H2,1-3H3,(H2,21,22)(H,23,25,26). The topological polar surface area (TPSA) is 97.5 Å². The van der Waals surface area contributed by atoms with E-state index >= 15 is 0 Å². The van der Waals surface area contributed by atoms with Gasteiger partial charge in [0.2, 0.25) is 5.91 Å². The Kier molecular flexibility index (Phi) is 6.73. The molecule has 1 aromatic heterocycles. The molecule has 3 amide bonds. The van der Waals surface area contributed by atoms with E-state index in [2.05, 4.69) is 26.2 Å². The van der Waals surface area contributed by atoms with E-state index in [1.54, 1.807) is 19.9 Å². The molecule has 0 aliphatic rings. The fourth-order valence-electron chi connectivity index (χ4n) is 2.34.